The standard InChI is InChI=1S/C14H12N2O4S/c1-8-12(9(2)20-16-8)14(17)19-7-10-6-18-13(15-10)11-4-3-5-21-11/h3-6H,7H2,1-2H3. The summed E-state index contributed by atoms with van der Waals surface area (Å²) in [6.07, 6.45) is 1.48. The predicted molar refractivity (Wildman–Crippen MR) is 74.9 cm³/mol. The molecule has 0 radical (unpaired) electrons. The van der Waals surface area contributed by atoms with Gasteiger partial charge in [-0.3, -0.25) is 0 Å². The lowest BCUT2D eigenvalue weighted by Crippen LogP contribution is -2.07. The van der Waals surface area contributed by atoms with E-state index in [4.69, 9.17) is 13.7 Å². The fourth-order valence-corrected chi connectivity index (χ4v) is 2.53. The highest BCUT2D eigenvalue weighted by Gasteiger charge is 2.19. The number of esters is 1. The van der Waals surface area contributed by atoms with Crippen molar-refractivity contribution in [3.63, 3.8) is 0 Å². The number of rotatable bonds is 4. The smallest absolute Gasteiger partial charge is 0.344 e. The zero-order valence-corrected chi connectivity index (χ0v) is 12.3. The molecule has 0 saturated carbocycles. The summed E-state index contributed by atoms with van der Waals surface area (Å²) in [7, 11) is 0. The van der Waals surface area contributed by atoms with Crippen molar-refractivity contribution in [1.29, 1.82) is 0 Å². The van der Waals surface area contributed by atoms with Gasteiger partial charge in [0.25, 0.3) is 0 Å². The number of carbonyl (C=O) groups is 1. The number of thiophene rings is 1. The highest BCUT2D eigenvalue weighted by Crippen LogP contribution is 2.24. The van der Waals surface area contributed by atoms with Crippen LogP contribution in [0.1, 0.15) is 27.5 Å². The summed E-state index contributed by atoms with van der Waals surface area (Å²) in [6.45, 7) is 3.40. The van der Waals surface area contributed by atoms with E-state index in [1.807, 2.05) is 17.5 Å². The Morgan fingerprint density at radius 1 is 1.43 bits per heavy atom. The quantitative estimate of drug-likeness (QED) is 0.688. The molecule has 3 aromatic rings. The molecule has 0 saturated heterocycles. The van der Waals surface area contributed by atoms with E-state index < -0.39 is 5.97 Å². The van der Waals surface area contributed by atoms with Crippen molar-refractivity contribution in [3.05, 3.63) is 46.5 Å². The summed E-state index contributed by atoms with van der Waals surface area (Å²) < 4.78 is 15.5. The molecular formula is C14H12N2O4S. The minimum atomic E-state index is -0.480. The summed E-state index contributed by atoms with van der Waals surface area (Å²) in [5.41, 5.74) is 1.42. The zero-order valence-electron chi connectivity index (χ0n) is 11.5. The zero-order chi connectivity index (χ0) is 14.8. The third-order valence-electron chi connectivity index (χ3n) is 2.87. The van der Waals surface area contributed by atoms with Crippen LogP contribution in [-0.4, -0.2) is 16.1 Å². The normalized spacial score (nSPS) is 10.8. The van der Waals surface area contributed by atoms with Gasteiger partial charge in [-0.1, -0.05) is 11.2 Å². The Morgan fingerprint density at radius 2 is 2.29 bits per heavy atom. The van der Waals surface area contributed by atoms with E-state index in [9.17, 15) is 4.79 Å². The number of oxazole rings is 1. The highest BCUT2D eigenvalue weighted by atomic mass is 32.1. The number of ether oxygens (including phenoxy) is 1. The van der Waals surface area contributed by atoms with Gasteiger partial charge in [0.1, 0.15) is 29.9 Å². The lowest BCUT2D eigenvalue weighted by Gasteiger charge is -2.01. The molecule has 3 rings (SSSR count). The molecule has 6 nitrogen and oxygen atoms in total. The Morgan fingerprint density at radius 3 is 2.95 bits per heavy atom. The first-order valence-electron chi connectivity index (χ1n) is 6.23. The third kappa shape index (κ3) is 2.73. The van der Waals surface area contributed by atoms with Gasteiger partial charge in [-0.05, 0) is 25.3 Å². The van der Waals surface area contributed by atoms with Gasteiger partial charge in [-0.15, -0.1) is 11.3 Å². The molecule has 0 atom stereocenters. The van der Waals surface area contributed by atoms with Crippen LogP contribution in [0.4, 0.5) is 0 Å². The first kappa shape index (κ1) is 13.6. The van der Waals surface area contributed by atoms with Crippen LogP contribution in [0.2, 0.25) is 0 Å². The summed E-state index contributed by atoms with van der Waals surface area (Å²) in [5, 5.41) is 5.66. The lowest BCUT2D eigenvalue weighted by atomic mass is 10.2. The summed E-state index contributed by atoms with van der Waals surface area (Å²) >= 11 is 1.53. The van der Waals surface area contributed by atoms with Crippen LogP contribution < -0.4 is 0 Å². The van der Waals surface area contributed by atoms with Crippen LogP contribution in [-0.2, 0) is 11.3 Å². The van der Waals surface area contributed by atoms with Gasteiger partial charge in [-0.2, -0.15) is 0 Å². The number of aromatic nitrogens is 2. The lowest BCUT2D eigenvalue weighted by molar-refractivity contribution is 0.0465. The summed E-state index contributed by atoms with van der Waals surface area (Å²) in [5.74, 6) is 0.484. The van der Waals surface area contributed by atoms with Crippen LogP contribution in [0.25, 0.3) is 10.8 Å². The fraction of sp³-hybridized carbons (Fsp3) is 0.214. The Hall–Kier alpha value is -2.41. The topological polar surface area (TPSA) is 78.4 Å². The minimum absolute atomic E-state index is 0.0395. The van der Waals surface area contributed by atoms with Gasteiger partial charge in [0.15, 0.2) is 0 Å². The van der Waals surface area contributed by atoms with E-state index in [1.54, 1.807) is 13.8 Å². The molecule has 0 aliphatic carbocycles. The van der Waals surface area contributed by atoms with E-state index in [2.05, 4.69) is 10.1 Å². The molecule has 108 valence electrons. The second-order valence-corrected chi connectivity index (χ2v) is 5.34. The molecular weight excluding hydrogens is 292 g/mol. The molecule has 0 bridgehead atoms. The van der Waals surface area contributed by atoms with Crippen molar-refractivity contribution < 1.29 is 18.5 Å². The average Bonchev–Trinajstić information content (AvgIpc) is 3.17. The minimum Gasteiger partial charge on any atom is -0.455 e. The SMILES string of the molecule is Cc1noc(C)c1C(=O)OCc1coc(-c2cccs2)n1. The monoisotopic (exact) mass is 304 g/mol. The Labute approximate surface area is 124 Å². The van der Waals surface area contributed by atoms with Gasteiger partial charge < -0.3 is 13.7 Å². The van der Waals surface area contributed by atoms with Gasteiger partial charge in [0.2, 0.25) is 5.89 Å². The van der Waals surface area contributed by atoms with Gasteiger partial charge in [-0.25, -0.2) is 9.78 Å². The van der Waals surface area contributed by atoms with E-state index in [0.717, 1.165) is 4.88 Å². The first-order valence-corrected chi connectivity index (χ1v) is 7.11. The van der Waals surface area contributed by atoms with Crippen LogP contribution in [0.3, 0.4) is 0 Å². The first-order chi connectivity index (χ1) is 10.1. The number of aryl methyl sites for hydroxylation is 2. The molecule has 0 amide bonds. The number of nitrogens with zero attached hydrogens (tertiary/aromatic N) is 2. The van der Waals surface area contributed by atoms with E-state index in [1.165, 1.54) is 17.6 Å². The average molecular weight is 304 g/mol. The molecule has 21 heavy (non-hydrogen) atoms. The van der Waals surface area contributed by atoms with Crippen molar-refractivity contribution in [3.8, 4) is 10.8 Å². The maximum atomic E-state index is 12.0. The van der Waals surface area contributed by atoms with E-state index in [-0.39, 0.29) is 6.61 Å². The molecule has 0 aliphatic heterocycles. The number of hydrogen-bond acceptors (Lipinski definition) is 7. The Balaban J connectivity index is 1.67. The maximum Gasteiger partial charge on any atom is 0.344 e. The van der Waals surface area contributed by atoms with Crippen molar-refractivity contribution in [2.75, 3.05) is 0 Å². The van der Waals surface area contributed by atoms with Crippen molar-refractivity contribution in [2.45, 2.75) is 20.5 Å². The van der Waals surface area contributed by atoms with Crippen LogP contribution in [0, 0.1) is 13.8 Å². The Kier molecular flexibility index (Phi) is 3.57. The summed E-state index contributed by atoms with van der Waals surface area (Å²) in [4.78, 5) is 17.2. The molecule has 7 heteroatoms. The predicted octanol–water partition coefficient (Wildman–Crippen LogP) is 3.36. The van der Waals surface area contributed by atoms with Crippen molar-refractivity contribution >= 4 is 17.3 Å². The fourth-order valence-electron chi connectivity index (χ4n) is 1.87. The molecule has 3 aromatic heterocycles. The maximum absolute atomic E-state index is 12.0. The van der Waals surface area contributed by atoms with Crippen LogP contribution in [0.5, 0.6) is 0 Å². The molecule has 0 aromatic carbocycles. The molecule has 0 fully saturated rings. The van der Waals surface area contributed by atoms with Crippen molar-refractivity contribution in [1.82, 2.24) is 10.1 Å². The summed E-state index contributed by atoms with van der Waals surface area (Å²) in [6, 6.07) is 3.83. The molecule has 0 spiro atoms. The highest BCUT2D eigenvalue weighted by molar-refractivity contribution is 7.13. The molecule has 0 aliphatic rings. The van der Waals surface area contributed by atoms with Gasteiger partial charge in [0, 0.05) is 0 Å². The molecule has 0 unspecified atom stereocenters. The van der Waals surface area contributed by atoms with Crippen LogP contribution in [0.15, 0.2) is 32.7 Å². The van der Waals surface area contributed by atoms with E-state index >= 15 is 0 Å². The van der Waals surface area contributed by atoms with Gasteiger partial charge in [0.05, 0.1) is 10.6 Å². The largest absolute Gasteiger partial charge is 0.455 e. The third-order valence-corrected chi connectivity index (χ3v) is 3.73. The van der Waals surface area contributed by atoms with Crippen LogP contribution >= 0.6 is 11.3 Å². The Bertz CT molecular complexity index is 738. The molecule has 3 heterocycles. The molecule has 0 N–H and O–H groups in total. The van der Waals surface area contributed by atoms with Crippen molar-refractivity contribution in [2.24, 2.45) is 0 Å². The number of hydrogen-bond donors (Lipinski definition) is 0. The number of carbonyl (C=O) groups excluding carboxylic acids is 1. The van der Waals surface area contributed by atoms with E-state index in [0.29, 0.717) is 28.6 Å². The second-order valence-electron chi connectivity index (χ2n) is 4.40. The van der Waals surface area contributed by atoms with Gasteiger partial charge >= 0.3 is 5.97 Å². The second kappa shape index (κ2) is 5.53.